The van der Waals surface area contributed by atoms with E-state index in [1.807, 2.05) is 24.3 Å². The van der Waals surface area contributed by atoms with Crippen LogP contribution in [-0.2, 0) is 6.42 Å². The molecule has 1 unspecified atom stereocenters. The summed E-state index contributed by atoms with van der Waals surface area (Å²) in [6.45, 7) is 2.62. The topological polar surface area (TPSA) is 33.0 Å². The van der Waals surface area contributed by atoms with Gasteiger partial charge >= 0.3 is 0 Å². The highest BCUT2D eigenvalue weighted by molar-refractivity contribution is 5.33. The summed E-state index contributed by atoms with van der Waals surface area (Å²) in [6, 6.07) is 16.6. The highest BCUT2D eigenvalue weighted by atomic mass is 19.1. The van der Waals surface area contributed by atoms with Crippen LogP contribution in [0.25, 0.3) is 0 Å². The molecule has 0 saturated carbocycles. The molecule has 0 aliphatic rings. The van der Waals surface area contributed by atoms with Crippen molar-refractivity contribution in [3.63, 3.8) is 0 Å². The lowest BCUT2D eigenvalue weighted by molar-refractivity contribution is 0.302. The van der Waals surface area contributed by atoms with Gasteiger partial charge in [-0.25, -0.2) is 4.39 Å². The number of halogens is 1. The molecule has 0 bridgehead atoms. The molecule has 0 amide bonds. The van der Waals surface area contributed by atoms with E-state index in [1.54, 1.807) is 18.2 Å². The van der Waals surface area contributed by atoms with Crippen LogP contribution in [0.3, 0.4) is 0 Å². The Morgan fingerprint density at radius 2 is 1.86 bits per heavy atom. The van der Waals surface area contributed by atoms with Crippen molar-refractivity contribution in [2.45, 2.75) is 32.1 Å². The standard InChI is InChI=1S/C19H20FNO/c1-2-15-8-3-6-12-19(15)22-13-7-9-16(14-21)17-10-4-5-11-18(17)20/h3-6,8,10-12,16H,2,7,9,13H2,1H3. The summed E-state index contributed by atoms with van der Waals surface area (Å²) in [5.41, 5.74) is 1.65. The smallest absolute Gasteiger partial charge is 0.127 e. The molecule has 2 nitrogen and oxygen atoms in total. The van der Waals surface area contributed by atoms with Gasteiger partial charge in [0, 0.05) is 5.56 Å². The van der Waals surface area contributed by atoms with Crippen molar-refractivity contribution in [2.24, 2.45) is 0 Å². The minimum absolute atomic E-state index is 0.314. The molecule has 3 heteroatoms. The van der Waals surface area contributed by atoms with E-state index in [0.717, 1.165) is 12.2 Å². The van der Waals surface area contributed by atoms with Crippen LogP contribution in [0.15, 0.2) is 48.5 Å². The van der Waals surface area contributed by atoms with E-state index in [2.05, 4.69) is 13.0 Å². The number of aryl methyl sites for hydroxylation is 1. The Hall–Kier alpha value is -2.34. The molecule has 0 saturated heterocycles. The number of rotatable bonds is 7. The van der Waals surface area contributed by atoms with Crippen LogP contribution in [0.1, 0.15) is 36.8 Å². The van der Waals surface area contributed by atoms with Gasteiger partial charge in [-0.15, -0.1) is 0 Å². The van der Waals surface area contributed by atoms with Crippen molar-refractivity contribution in [1.82, 2.24) is 0 Å². The Labute approximate surface area is 131 Å². The molecular weight excluding hydrogens is 277 g/mol. The van der Waals surface area contributed by atoms with E-state index in [9.17, 15) is 9.65 Å². The van der Waals surface area contributed by atoms with E-state index in [0.29, 0.717) is 25.0 Å². The van der Waals surface area contributed by atoms with E-state index in [-0.39, 0.29) is 5.82 Å². The molecule has 22 heavy (non-hydrogen) atoms. The fraction of sp³-hybridized carbons (Fsp3) is 0.316. The van der Waals surface area contributed by atoms with Crippen LogP contribution in [-0.4, -0.2) is 6.61 Å². The van der Waals surface area contributed by atoms with Gasteiger partial charge in [0.1, 0.15) is 11.6 Å². The van der Waals surface area contributed by atoms with Crippen molar-refractivity contribution >= 4 is 0 Å². The Kier molecular flexibility index (Phi) is 5.97. The number of ether oxygens (including phenoxy) is 1. The summed E-state index contributed by atoms with van der Waals surface area (Å²) in [7, 11) is 0. The molecule has 0 N–H and O–H groups in total. The highest BCUT2D eigenvalue weighted by Gasteiger charge is 2.14. The molecule has 2 aromatic carbocycles. The number of hydrogen-bond donors (Lipinski definition) is 0. The normalized spacial score (nSPS) is 11.7. The Balaban J connectivity index is 1.88. The first-order valence-corrected chi connectivity index (χ1v) is 7.61. The van der Waals surface area contributed by atoms with E-state index < -0.39 is 5.92 Å². The third kappa shape index (κ3) is 4.08. The van der Waals surface area contributed by atoms with Crippen LogP contribution in [0.5, 0.6) is 5.75 Å². The maximum absolute atomic E-state index is 13.7. The summed E-state index contributed by atoms with van der Waals surface area (Å²) in [4.78, 5) is 0. The van der Waals surface area contributed by atoms with Gasteiger partial charge in [0.2, 0.25) is 0 Å². The van der Waals surface area contributed by atoms with Gasteiger partial charge in [0.15, 0.2) is 0 Å². The monoisotopic (exact) mass is 297 g/mol. The first kappa shape index (κ1) is 16.0. The third-order valence-electron chi connectivity index (χ3n) is 3.68. The van der Waals surface area contributed by atoms with Crippen molar-refractivity contribution in [3.05, 3.63) is 65.5 Å². The van der Waals surface area contributed by atoms with E-state index in [4.69, 9.17) is 4.74 Å². The predicted octanol–water partition coefficient (Wildman–Crippen LogP) is 4.85. The van der Waals surface area contributed by atoms with Crippen molar-refractivity contribution in [2.75, 3.05) is 6.61 Å². The van der Waals surface area contributed by atoms with Gasteiger partial charge in [0.25, 0.3) is 0 Å². The molecule has 114 valence electrons. The van der Waals surface area contributed by atoms with Gasteiger partial charge in [-0.1, -0.05) is 43.3 Å². The van der Waals surface area contributed by atoms with E-state index in [1.165, 1.54) is 11.6 Å². The molecule has 0 heterocycles. The molecular formula is C19H20FNO. The van der Waals surface area contributed by atoms with Crippen LogP contribution in [0.4, 0.5) is 4.39 Å². The maximum atomic E-state index is 13.7. The zero-order valence-electron chi connectivity index (χ0n) is 12.8. The summed E-state index contributed by atoms with van der Waals surface area (Å²) in [5, 5.41) is 9.24. The average Bonchev–Trinajstić information content (AvgIpc) is 2.56. The Morgan fingerprint density at radius 3 is 2.59 bits per heavy atom. The molecule has 0 fully saturated rings. The predicted molar refractivity (Wildman–Crippen MR) is 85.3 cm³/mol. The van der Waals surface area contributed by atoms with Gasteiger partial charge < -0.3 is 4.74 Å². The van der Waals surface area contributed by atoms with Crippen LogP contribution < -0.4 is 4.74 Å². The lowest BCUT2D eigenvalue weighted by atomic mass is 9.95. The first-order chi connectivity index (χ1) is 10.8. The number of nitriles is 1. The van der Waals surface area contributed by atoms with E-state index >= 15 is 0 Å². The molecule has 2 aromatic rings. The van der Waals surface area contributed by atoms with Crippen molar-refractivity contribution < 1.29 is 9.13 Å². The van der Waals surface area contributed by atoms with Gasteiger partial charge in [0.05, 0.1) is 18.6 Å². The molecule has 0 aliphatic heterocycles. The fourth-order valence-corrected chi connectivity index (χ4v) is 2.45. The summed E-state index contributed by atoms with van der Waals surface area (Å²) in [6.07, 6.45) is 2.22. The van der Waals surface area contributed by atoms with Gasteiger partial charge in [-0.05, 0) is 37.0 Å². The Morgan fingerprint density at radius 1 is 1.14 bits per heavy atom. The van der Waals surface area contributed by atoms with Crippen LogP contribution in [0.2, 0.25) is 0 Å². The molecule has 0 spiro atoms. The Bertz CT molecular complexity index is 648. The number of benzene rings is 2. The third-order valence-corrected chi connectivity index (χ3v) is 3.68. The summed E-state index contributed by atoms with van der Waals surface area (Å²) >= 11 is 0. The summed E-state index contributed by atoms with van der Waals surface area (Å²) in [5.74, 6) is 0.155. The average molecular weight is 297 g/mol. The molecule has 2 rings (SSSR count). The number of nitrogens with zero attached hydrogens (tertiary/aromatic N) is 1. The number of hydrogen-bond acceptors (Lipinski definition) is 2. The molecule has 1 atom stereocenters. The zero-order valence-corrected chi connectivity index (χ0v) is 12.8. The van der Waals surface area contributed by atoms with Crippen molar-refractivity contribution in [3.8, 4) is 11.8 Å². The number of para-hydroxylation sites is 1. The molecule has 0 aliphatic carbocycles. The second-order valence-electron chi connectivity index (χ2n) is 5.16. The quantitative estimate of drug-likeness (QED) is 0.684. The first-order valence-electron chi connectivity index (χ1n) is 7.61. The van der Waals surface area contributed by atoms with Crippen LogP contribution >= 0.6 is 0 Å². The van der Waals surface area contributed by atoms with Gasteiger partial charge in [-0.3, -0.25) is 0 Å². The lowest BCUT2D eigenvalue weighted by Crippen LogP contribution is -2.04. The highest BCUT2D eigenvalue weighted by Crippen LogP contribution is 2.24. The fourth-order valence-electron chi connectivity index (χ4n) is 2.45. The lowest BCUT2D eigenvalue weighted by Gasteiger charge is -2.12. The second kappa shape index (κ2) is 8.19. The SMILES string of the molecule is CCc1ccccc1OCCCC(C#N)c1ccccc1F. The summed E-state index contributed by atoms with van der Waals surface area (Å²) < 4.78 is 19.5. The molecule has 0 radical (unpaired) electrons. The molecule has 0 aromatic heterocycles. The van der Waals surface area contributed by atoms with Gasteiger partial charge in [-0.2, -0.15) is 5.26 Å². The minimum Gasteiger partial charge on any atom is -0.493 e. The zero-order chi connectivity index (χ0) is 15.8. The van der Waals surface area contributed by atoms with Crippen molar-refractivity contribution in [1.29, 1.82) is 5.26 Å². The van der Waals surface area contributed by atoms with Crippen LogP contribution in [0, 0.1) is 17.1 Å². The maximum Gasteiger partial charge on any atom is 0.127 e. The largest absolute Gasteiger partial charge is 0.493 e. The minimum atomic E-state index is -0.425. The second-order valence-corrected chi connectivity index (χ2v) is 5.16.